The minimum atomic E-state index is -0.511. The van der Waals surface area contributed by atoms with E-state index < -0.39 is 11.2 Å². The third-order valence-corrected chi connectivity index (χ3v) is 5.93. The molecule has 190 valence electrons. The fraction of sp³-hybridized carbons (Fsp3) is 0.556. The molecule has 0 atom stereocenters. The fourth-order valence-corrected chi connectivity index (χ4v) is 4.25. The van der Waals surface area contributed by atoms with Crippen LogP contribution in [0.15, 0.2) is 46.2 Å². The SMILES string of the molecule is CC(C)CCn1cnc2c1c(=O)n(CC(=O)N(CC(C)C)CC(C)C)c(=O)n2Cc1ccccc1. The Kier molecular flexibility index (Phi) is 8.70. The van der Waals surface area contributed by atoms with Crippen molar-refractivity contribution in [1.29, 1.82) is 0 Å². The molecule has 2 aromatic heterocycles. The van der Waals surface area contributed by atoms with Crippen molar-refractivity contribution in [1.82, 2.24) is 23.6 Å². The number of carbonyl (C=O) groups excluding carboxylic acids is 1. The quantitative estimate of drug-likeness (QED) is 0.419. The molecule has 3 rings (SSSR count). The molecule has 3 aromatic rings. The first kappa shape index (κ1) is 26.4. The zero-order valence-electron chi connectivity index (χ0n) is 21.9. The summed E-state index contributed by atoms with van der Waals surface area (Å²) in [7, 11) is 0. The molecular weight excluding hydrogens is 442 g/mol. The average Bonchev–Trinajstić information content (AvgIpc) is 3.21. The van der Waals surface area contributed by atoms with E-state index in [-0.39, 0.29) is 30.8 Å². The smallest absolute Gasteiger partial charge is 0.333 e. The van der Waals surface area contributed by atoms with Gasteiger partial charge in [-0.25, -0.2) is 14.3 Å². The molecule has 0 spiro atoms. The second-order valence-corrected chi connectivity index (χ2v) is 10.6. The lowest BCUT2D eigenvalue weighted by molar-refractivity contribution is -0.133. The molecule has 0 aliphatic carbocycles. The van der Waals surface area contributed by atoms with Gasteiger partial charge in [-0.05, 0) is 29.7 Å². The van der Waals surface area contributed by atoms with Gasteiger partial charge in [0.1, 0.15) is 6.54 Å². The third kappa shape index (κ3) is 6.50. The second-order valence-electron chi connectivity index (χ2n) is 10.6. The third-order valence-electron chi connectivity index (χ3n) is 5.93. The van der Waals surface area contributed by atoms with E-state index in [1.165, 1.54) is 4.57 Å². The summed E-state index contributed by atoms with van der Waals surface area (Å²) in [5.74, 6) is 0.797. The number of rotatable bonds is 11. The molecule has 8 heteroatoms. The highest BCUT2D eigenvalue weighted by Crippen LogP contribution is 2.13. The van der Waals surface area contributed by atoms with Crippen molar-refractivity contribution >= 4 is 17.1 Å². The van der Waals surface area contributed by atoms with E-state index in [4.69, 9.17) is 0 Å². The molecule has 35 heavy (non-hydrogen) atoms. The molecule has 0 aliphatic heterocycles. The van der Waals surface area contributed by atoms with Crippen molar-refractivity contribution in [3.05, 3.63) is 63.1 Å². The molecule has 0 aliphatic rings. The predicted octanol–water partition coefficient (Wildman–Crippen LogP) is 3.59. The molecule has 0 N–H and O–H groups in total. The van der Waals surface area contributed by atoms with Gasteiger partial charge in [0, 0.05) is 19.6 Å². The van der Waals surface area contributed by atoms with Crippen molar-refractivity contribution in [3.8, 4) is 0 Å². The number of carbonyl (C=O) groups is 1. The Balaban J connectivity index is 2.12. The topological polar surface area (TPSA) is 82.1 Å². The first-order valence-electron chi connectivity index (χ1n) is 12.6. The summed E-state index contributed by atoms with van der Waals surface area (Å²) in [5.41, 5.74) is 0.678. The van der Waals surface area contributed by atoms with Crippen LogP contribution in [-0.4, -0.2) is 42.6 Å². The number of nitrogens with zero attached hydrogens (tertiary/aromatic N) is 5. The summed E-state index contributed by atoms with van der Waals surface area (Å²) in [5, 5.41) is 0. The Morgan fingerprint density at radius 3 is 2.11 bits per heavy atom. The van der Waals surface area contributed by atoms with Gasteiger partial charge in [0.2, 0.25) is 5.91 Å². The number of amides is 1. The van der Waals surface area contributed by atoms with Crippen LogP contribution in [0.25, 0.3) is 11.2 Å². The summed E-state index contributed by atoms with van der Waals surface area (Å²) < 4.78 is 4.43. The van der Waals surface area contributed by atoms with Crippen LogP contribution in [-0.2, 0) is 24.4 Å². The summed E-state index contributed by atoms with van der Waals surface area (Å²) in [4.78, 5) is 46.8. The monoisotopic (exact) mass is 481 g/mol. The average molecular weight is 482 g/mol. The Morgan fingerprint density at radius 2 is 1.54 bits per heavy atom. The van der Waals surface area contributed by atoms with Crippen LogP contribution < -0.4 is 11.2 Å². The largest absolute Gasteiger partial charge is 0.341 e. The van der Waals surface area contributed by atoms with E-state index >= 15 is 0 Å². The van der Waals surface area contributed by atoms with Crippen molar-refractivity contribution in [3.63, 3.8) is 0 Å². The second kappa shape index (κ2) is 11.5. The lowest BCUT2D eigenvalue weighted by Gasteiger charge is -2.26. The summed E-state index contributed by atoms with van der Waals surface area (Å²) >= 11 is 0. The van der Waals surface area contributed by atoms with Gasteiger partial charge >= 0.3 is 5.69 Å². The summed E-state index contributed by atoms with van der Waals surface area (Å²) in [6.45, 7) is 14.2. The maximum atomic E-state index is 13.6. The van der Waals surface area contributed by atoms with Gasteiger partial charge < -0.3 is 9.47 Å². The first-order valence-corrected chi connectivity index (χ1v) is 12.6. The van der Waals surface area contributed by atoms with Gasteiger partial charge in [0.25, 0.3) is 5.56 Å². The fourth-order valence-electron chi connectivity index (χ4n) is 4.25. The van der Waals surface area contributed by atoms with Crippen molar-refractivity contribution in [2.45, 2.75) is 67.6 Å². The number of fused-ring (bicyclic) bond motifs is 1. The molecule has 2 heterocycles. The van der Waals surface area contributed by atoms with Crippen LogP contribution >= 0.6 is 0 Å². The summed E-state index contributed by atoms with van der Waals surface area (Å²) in [6, 6.07) is 9.60. The molecular formula is C27H39N5O3. The highest BCUT2D eigenvalue weighted by atomic mass is 16.2. The number of benzene rings is 1. The van der Waals surface area contributed by atoms with Crippen molar-refractivity contribution < 1.29 is 4.79 Å². The number of hydrogen-bond acceptors (Lipinski definition) is 4. The zero-order chi connectivity index (χ0) is 25.7. The zero-order valence-corrected chi connectivity index (χ0v) is 21.9. The minimum absolute atomic E-state index is 0.217. The van der Waals surface area contributed by atoms with Crippen molar-refractivity contribution in [2.75, 3.05) is 13.1 Å². The maximum absolute atomic E-state index is 13.6. The minimum Gasteiger partial charge on any atom is -0.341 e. The molecule has 1 aromatic carbocycles. The number of imidazole rings is 1. The molecule has 1 amide bonds. The van der Waals surface area contributed by atoms with E-state index in [1.807, 2.05) is 34.9 Å². The van der Waals surface area contributed by atoms with Crippen LogP contribution in [0, 0.1) is 17.8 Å². The molecule has 0 bridgehead atoms. The Morgan fingerprint density at radius 1 is 0.914 bits per heavy atom. The van der Waals surface area contributed by atoms with Gasteiger partial charge in [0.15, 0.2) is 11.2 Å². The highest BCUT2D eigenvalue weighted by molar-refractivity contribution is 5.77. The first-order chi connectivity index (χ1) is 16.6. The summed E-state index contributed by atoms with van der Waals surface area (Å²) in [6.07, 6.45) is 2.50. The molecule has 0 saturated carbocycles. The van der Waals surface area contributed by atoms with Crippen LogP contribution in [0.5, 0.6) is 0 Å². The molecule has 0 unspecified atom stereocenters. The Hall–Kier alpha value is -3.16. The number of aromatic nitrogens is 4. The normalized spacial score (nSPS) is 11.8. The molecule has 0 saturated heterocycles. The van der Waals surface area contributed by atoms with Crippen LogP contribution in [0.1, 0.15) is 53.5 Å². The number of aryl methyl sites for hydroxylation is 1. The molecule has 0 radical (unpaired) electrons. The van der Waals surface area contributed by atoms with E-state index in [0.29, 0.717) is 36.7 Å². The number of hydrogen-bond donors (Lipinski definition) is 0. The Labute approximate surface area is 207 Å². The van der Waals surface area contributed by atoms with Crippen molar-refractivity contribution in [2.24, 2.45) is 17.8 Å². The van der Waals surface area contributed by atoms with E-state index in [1.54, 1.807) is 11.2 Å². The Bertz CT molecular complexity index is 1240. The highest BCUT2D eigenvalue weighted by Gasteiger charge is 2.23. The molecule has 0 fully saturated rings. The van der Waals surface area contributed by atoms with Gasteiger partial charge in [-0.3, -0.25) is 14.2 Å². The maximum Gasteiger partial charge on any atom is 0.333 e. The van der Waals surface area contributed by atoms with Crippen LogP contribution in [0.3, 0.4) is 0 Å². The molecule has 8 nitrogen and oxygen atoms in total. The lowest BCUT2D eigenvalue weighted by Crippen LogP contribution is -2.46. The van der Waals surface area contributed by atoms with E-state index in [0.717, 1.165) is 16.6 Å². The lowest BCUT2D eigenvalue weighted by atomic mass is 10.1. The standard InChI is InChI=1S/C27H39N5O3/c1-19(2)12-13-29-18-28-25-24(29)26(34)32(17-23(33)30(14-20(3)4)15-21(5)6)27(35)31(25)16-22-10-8-7-9-11-22/h7-11,18-21H,12-17H2,1-6H3. The van der Waals surface area contributed by atoms with Gasteiger partial charge in [-0.1, -0.05) is 71.9 Å². The van der Waals surface area contributed by atoms with Crippen LogP contribution in [0.2, 0.25) is 0 Å². The van der Waals surface area contributed by atoms with E-state index in [9.17, 15) is 14.4 Å². The van der Waals surface area contributed by atoms with Gasteiger partial charge in [-0.15, -0.1) is 0 Å². The van der Waals surface area contributed by atoms with Gasteiger partial charge in [0.05, 0.1) is 12.9 Å². The van der Waals surface area contributed by atoms with Crippen LogP contribution in [0.4, 0.5) is 0 Å². The van der Waals surface area contributed by atoms with Gasteiger partial charge in [-0.2, -0.15) is 0 Å². The predicted molar refractivity (Wildman–Crippen MR) is 140 cm³/mol. The van der Waals surface area contributed by atoms with E-state index in [2.05, 4.69) is 46.5 Å².